The fourth-order valence-electron chi connectivity index (χ4n) is 1.83. The minimum absolute atomic E-state index is 0.191. The molecule has 0 aliphatic carbocycles. The summed E-state index contributed by atoms with van der Waals surface area (Å²) in [6.07, 6.45) is 3.11. The van der Waals surface area contributed by atoms with Crippen LogP contribution in [-0.2, 0) is 28.6 Å². The van der Waals surface area contributed by atoms with Crippen molar-refractivity contribution in [1.82, 2.24) is 0 Å². The summed E-state index contributed by atoms with van der Waals surface area (Å²) in [5.74, 6) is -0.985. The Morgan fingerprint density at radius 1 is 0.885 bits per heavy atom. The number of carbonyl (C=O) groups is 3. The topological polar surface area (TPSA) is 99.1 Å². The maximum atomic E-state index is 11.8. The van der Waals surface area contributed by atoms with Gasteiger partial charge in [0, 0.05) is 12.8 Å². The molecule has 0 radical (unpaired) electrons. The van der Waals surface area contributed by atoms with E-state index in [1.54, 1.807) is 13.8 Å². The van der Waals surface area contributed by atoms with Crippen LogP contribution in [0.25, 0.3) is 0 Å². The van der Waals surface area contributed by atoms with Gasteiger partial charge in [-0.05, 0) is 46.0 Å². The van der Waals surface area contributed by atoms with E-state index in [-0.39, 0.29) is 31.6 Å². The van der Waals surface area contributed by atoms with Gasteiger partial charge < -0.3 is 19.3 Å². The summed E-state index contributed by atoms with van der Waals surface area (Å²) in [6, 6.07) is 0. The van der Waals surface area contributed by atoms with Crippen LogP contribution in [-0.4, -0.2) is 48.9 Å². The zero-order valence-electron chi connectivity index (χ0n) is 16.5. The Morgan fingerprint density at radius 3 is 2.12 bits per heavy atom. The first-order chi connectivity index (χ1) is 12.2. The van der Waals surface area contributed by atoms with Crippen molar-refractivity contribution in [3.8, 4) is 0 Å². The monoisotopic (exact) mass is 374 g/mol. The van der Waals surface area contributed by atoms with Gasteiger partial charge in [-0.25, -0.2) is 0 Å². The molecule has 0 saturated carbocycles. The standard InChI is InChI=1S/C19H34O7/c1-5-10-16(21)24-12-9-7-8-11-17(22)25-13-15(20)14-26-18(23)19(3,4)6-2/h15,20H,5-14H2,1-4H3. The molecule has 1 unspecified atom stereocenters. The van der Waals surface area contributed by atoms with Crippen molar-refractivity contribution in [2.45, 2.75) is 78.7 Å². The first kappa shape index (κ1) is 24.4. The van der Waals surface area contributed by atoms with Crippen LogP contribution in [0.3, 0.4) is 0 Å². The molecule has 0 amide bonds. The van der Waals surface area contributed by atoms with Gasteiger partial charge in [0.25, 0.3) is 0 Å². The number of ether oxygens (including phenoxy) is 3. The van der Waals surface area contributed by atoms with Gasteiger partial charge in [0.2, 0.25) is 0 Å². The number of hydrogen-bond acceptors (Lipinski definition) is 7. The Hall–Kier alpha value is -1.63. The molecule has 0 aromatic heterocycles. The lowest BCUT2D eigenvalue weighted by Gasteiger charge is -2.21. The van der Waals surface area contributed by atoms with Gasteiger partial charge in [0.1, 0.15) is 19.3 Å². The summed E-state index contributed by atoms with van der Waals surface area (Å²) in [6.45, 7) is 7.31. The molecule has 0 rings (SSSR count). The Labute approximate surface area is 156 Å². The maximum Gasteiger partial charge on any atom is 0.311 e. The van der Waals surface area contributed by atoms with Crippen LogP contribution >= 0.6 is 0 Å². The van der Waals surface area contributed by atoms with Gasteiger partial charge in [0.15, 0.2) is 0 Å². The van der Waals surface area contributed by atoms with E-state index in [0.717, 1.165) is 12.8 Å². The molecule has 0 fully saturated rings. The molecule has 7 heteroatoms. The lowest BCUT2D eigenvalue weighted by Crippen LogP contribution is -2.31. The number of esters is 3. The van der Waals surface area contributed by atoms with Gasteiger partial charge in [0.05, 0.1) is 12.0 Å². The smallest absolute Gasteiger partial charge is 0.311 e. The predicted molar refractivity (Wildman–Crippen MR) is 96.3 cm³/mol. The summed E-state index contributed by atoms with van der Waals surface area (Å²) in [4.78, 5) is 34.5. The second-order valence-corrected chi connectivity index (χ2v) is 6.95. The number of aliphatic hydroxyl groups is 1. The zero-order valence-corrected chi connectivity index (χ0v) is 16.5. The van der Waals surface area contributed by atoms with Crippen LogP contribution in [0.1, 0.15) is 72.6 Å². The first-order valence-corrected chi connectivity index (χ1v) is 9.39. The van der Waals surface area contributed by atoms with Gasteiger partial charge in [-0.1, -0.05) is 13.8 Å². The van der Waals surface area contributed by atoms with Crippen molar-refractivity contribution < 1.29 is 33.7 Å². The third kappa shape index (κ3) is 11.8. The molecule has 7 nitrogen and oxygen atoms in total. The molecule has 0 bridgehead atoms. The third-order valence-electron chi connectivity index (χ3n) is 4.02. The average molecular weight is 374 g/mol. The highest BCUT2D eigenvalue weighted by molar-refractivity contribution is 5.75. The highest BCUT2D eigenvalue weighted by Gasteiger charge is 2.27. The van der Waals surface area contributed by atoms with Crippen LogP contribution in [0.4, 0.5) is 0 Å². The quantitative estimate of drug-likeness (QED) is 0.283. The van der Waals surface area contributed by atoms with Crippen LogP contribution in [0.15, 0.2) is 0 Å². The van der Waals surface area contributed by atoms with Crippen LogP contribution in [0.2, 0.25) is 0 Å². The summed E-state index contributed by atoms with van der Waals surface area (Å²) in [5.41, 5.74) is -0.596. The normalized spacial score (nSPS) is 12.3. The second kappa shape index (κ2) is 13.6. The molecule has 0 heterocycles. The lowest BCUT2D eigenvalue weighted by atomic mass is 9.91. The Kier molecular flexibility index (Phi) is 12.7. The largest absolute Gasteiger partial charge is 0.466 e. The number of unbranched alkanes of at least 4 members (excludes halogenated alkanes) is 2. The molecule has 152 valence electrons. The van der Waals surface area contributed by atoms with Crippen molar-refractivity contribution in [1.29, 1.82) is 0 Å². The molecule has 0 aliphatic rings. The Morgan fingerprint density at radius 2 is 1.50 bits per heavy atom. The van der Waals surface area contributed by atoms with E-state index in [9.17, 15) is 19.5 Å². The molecule has 0 spiro atoms. The average Bonchev–Trinajstić information content (AvgIpc) is 2.60. The van der Waals surface area contributed by atoms with Gasteiger partial charge in [-0.2, -0.15) is 0 Å². The maximum absolute atomic E-state index is 11.8. The van der Waals surface area contributed by atoms with Gasteiger partial charge >= 0.3 is 17.9 Å². The molecular weight excluding hydrogens is 340 g/mol. The Balaban J connectivity index is 3.70. The number of rotatable bonds is 14. The van der Waals surface area contributed by atoms with E-state index in [1.807, 2.05) is 13.8 Å². The number of hydrogen-bond donors (Lipinski definition) is 1. The van der Waals surface area contributed by atoms with E-state index in [2.05, 4.69) is 0 Å². The molecule has 1 atom stereocenters. The minimum Gasteiger partial charge on any atom is -0.466 e. The third-order valence-corrected chi connectivity index (χ3v) is 4.02. The van der Waals surface area contributed by atoms with Crippen molar-refractivity contribution >= 4 is 17.9 Å². The summed E-state index contributed by atoms with van der Waals surface area (Å²) in [7, 11) is 0. The molecule has 0 aliphatic heterocycles. The molecule has 0 aromatic rings. The van der Waals surface area contributed by atoms with Gasteiger partial charge in [-0.15, -0.1) is 0 Å². The van der Waals surface area contributed by atoms with E-state index in [1.165, 1.54) is 0 Å². The fourth-order valence-corrected chi connectivity index (χ4v) is 1.83. The SMILES string of the molecule is CCCC(=O)OCCCCCC(=O)OCC(O)COC(=O)C(C)(C)CC. The van der Waals surface area contributed by atoms with E-state index in [0.29, 0.717) is 32.3 Å². The molecule has 1 N–H and O–H groups in total. The summed E-state index contributed by atoms with van der Waals surface area (Å²) in [5, 5.41) is 9.72. The summed E-state index contributed by atoms with van der Waals surface area (Å²) < 4.78 is 15.0. The lowest BCUT2D eigenvalue weighted by molar-refractivity contribution is -0.160. The molecule has 26 heavy (non-hydrogen) atoms. The van der Waals surface area contributed by atoms with Crippen molar-refractivity contribution in [3.63, 3.8) is 0 Å². The van der Waals surface area contributed by atoms with Crippen LogP contribution in [0, 0.1) is 5.41 Å². The van der Waals surface area contributed by atoms with E-state index >= 15 is 0 Å². The Bertz CT molecular complexity index is 432. The molecule has 0 aromatic carbocycles. The fraction of sp³-hybridized carbons (Fsp3) is 0.842. The molecule has 0 saturated heterocycles. The van der Waals surface area contributed by atoms with Crippen molar-refractivity contribution in [3.05, 3.63) is 0 Å². The minimum atomic E-state index is -1.03. The summed E-state index contributed by atoms with van der Waals surface area (Å²) >= 11 is 0. The predicted octanol–water partition coefficient (Wildman–Crippen LogP) is 2.77. The van der Waals surface area contributed by atoms with Gasteiger partial charge in [-0.3, -0.25) is 14.4 Å². The number of aliphatic hydroxyl groups excluding tert-OH is 1. The van der Waals surface area contributed by atoms with Crippen molar-refractivity contribution in [2.75, 3.05) is 19.8 Å². The van der Waals surface area contributed by atoms with Crippen LogP contribution in [0.5, 0.6) is 0 Å². The zero-order chi connectivity index (χ0) is 20.0. The highest BCUT2D eigenvalue weighted by Crippen LogP contribution is 2.21. The van der Waals surface area contributed by atoms with Crippen molar-refractivity contribution in [2.24, 2.45) is 5.41 Å². The highest BCUT2D eigenvalue weighted by atomic mass is 16.6. The van der Waals surface area contributed by atoms with E-state index < -0.39 is 17.5 Å². The second-order valence-electron chi connectivity index (χ2n) is 6.95. The number of carbonyl (C=O) groups excluding carboxylic acids is 3. The molecular formula is C19H34O7. The first-order valence-electron chi connectivity index (χ1n) is 9.39. The van der Waals surface area contributed by atoms with Crippen LogP contribution < -0.4 is 0 Å². The van der Waals surface area contributed by atoms with E-state index in [4.69, 9.17) is 14.2 Å².